The van der Waals surface area contributed by atoms with Crippen molar-refractivity contribution in [1.29, 1.82) is 0 Å². The fraction of sp³-hybridized carbons (Fsp3) is 1.00. The van der Waals surface area contributed by atoms with Crippen LogP contribution in [0, 0.1) is 5.92 Å². The van der Waals surface area contributed by atoms with E-state index in [0.29, 0.717) is 6.10 Å². The second kappa shape index (κ2) is 5.17. The zero-order valence-corrected chi connectivity index (χ0v) is 7.84. The number of fused-ring (bicyclic) bond motifs is 2. The zero-order chi connectivity index (χ0) is 6.10. The molecule has 0 saturated carbocycles. The maximum absolute atomic E-state index is 5.24. The van der Waals surface area contributed by atoms with Crippen molar-refractivity contribution in [1.82, 2.24) is 10.8 Å². The van der Waals surface area contributed by atoms with Gasteiger partial charge in [0.2, 0.25) is 0 Å². The Morgan fingerprint density at radius 2 is 1.91 bits per heavy atom. The van der Waals surface area contributed by atoms with Gasteiger partial charge in [0.1, 0.15) is 0 Å². The van der Waals surface area contributed by atoms with Gasteiger partial charge in [0.15, 0.2) is 0 Å². The topological polar surface area (TPSA) is 33.3 Å². The molecule has 0 spiro atoms. The van der Waals surface area contributed by atoms with Crippen LogP contribution < -0.4 is 10.8 Å². The summed E-state index contributed by atoms with van der Waals surface area (Å²) in [5.41, 5.74) is 2.95. The van der Waals surface area contributed by atoms with Crippen molar-refractivity contribution in [3.63, 3.8) is 0 Å². The van der Waals surface area contributed by atoms with Gasteiger partial charge in [-0.05, 0) is 18.9 Å². The Kier molecular flexibility index (Phi) is 5.38. The second-order valence-electron chi connectivity index (χ2n) is 2.85. The summed E-state index contributed by atoms with van der Waals surface area (Å²) in [5, 5.41) is 3.32. The van der Waals surface area contributed by atoms with E-state index in [9.17, 15) is 0 Å². The van der Waals surface area contributed by atoms with Gasteiger partial charge < -0.3 is 5.32 Å². The lowest BCUT2D eigenvalue weighted by Gasteiger charge is -2.34. The van der Waals surface area contributed by atoms with Crippen molar-refractivity contribution >= 4 is 24.8 Å². The first-order valence-corrected chi connectivity index (χ1v) is 3.54. The van der Waals surface area contributed by atoms with Gasteiger partial charge in [0.25, 0.3) is 0 Å². The lowest BCUT2D eigenvalue weighted by atomic mass is 9.97. The summed E-state index contributed by atoms with van der Waals surface area (Å²) in [7, 11) is 0. The Morgan fingerprint density at radius 1 is 1.09 bits per heavy atom. The molecule has 2 saturated heterocycles. The molecule has 2 aliphatic rings. The molecule has 68 valence electrons. The van der Waals surface area contributed by atoms with Crippen LogP contribution in [0.25, 0.3) is 0 Å². The van der Waals surface area contributed by atoms with E-state index >= 15 is 0 Å². The van der Waals surface area contributed by atoms with Crippen LogP contribution in [0.2, 0.25) is 0 Å². The van der Waals surface area contributed by atoms with E-state index in [0.717, 1.165) is 25.6 Å². The summed E-state index contributed by atoms with van der Waals surface area (Å²) in [6.45, 7) is 3.19. The number of halogens is 2. The number of hydroxylamine groups is 1. The van der Waals surface area contributed by atoms with Gasteiger partial charge in [-0.15, -0.1) is 24.8 Å². The van der Waals surface area contributed by atoms with E-state index in [-0.39, 0.29) is 24.8 Å². The highest BCUT2D eigenvalue weighted by atomic mass is 35.5. The van der Waals surface area contributed by atoms with E-state index in [1.54, 1.807) is 0 Å². The molecule has 2 unspecified atom stereocenters. The minimum Gasteiger partial charge on any atom is -0.314 e. The van der Waals surface area contributed by atoms with E-state index in [1.807, 2.05) is 0 Å². The van der Waals surface area contributed by atoms with E-state index in [2.05, 4.69) is 10.8 Å². The van der Waals surface area contributed by atoms with Crippen LogP contribution in [-0.4, -0.2) is 25.7 Å². The number of hydrogen-bond acceptors (Lipinski definition) is 3. The van der Waals surface area contributed by atoms with Crippen molar-refractivity contribution in [3.8, 4) is 0 Å². The Morgan fingerprint density at radius 3 is 2.55 bits per heavy atom. The normalized spacial score (nSPS) is 34.9. The molecule has 11 heavy (non-hydrogen) atoms. The fourth-order valence-electron chi connectivity index (χ4n) is 1.52. The third-order valence-corrected chi connectivity index (χ3v) is 2.02. The van der Waals surface area contributed by atoms with Gasteiger partial charge in [-0.25, -0.2) is 5.48 Å². The number of piperidine rings is 1. The SMILES string of the molecule is C1NCC2CC1CNO2.Cl.Cl. The molecule has 0 amide bonds. The molecule has 2 N–H and O–H groups in total. The van der Waals surface area contributed by atoms with Crippen LogP contribution in [0.1, 0.15) is 6.42 Å². The molecule has 2 heterocycles. The third kappa shape index (κ3) is 2.76. The smallest absolute Gasteiger partial charge is 0.0917 e. The first-order valence-electron chi connectivity index (χ1n) is 3.54. The average Bonchev–Trinajstić information content (AvgIpc) is 1.88. The van der Waals surface area contributed by atoms with Crippen molar-refractivity contribution in [3.05, 3.63) is 0 Å². The molecule has 0 aromatic heterocycles. The largest absolute Gasteiger partial charge is 0.314 e. The Balaban J connectivity index is 0.000000500. The molecule has 2 bridgehead atoms. The first-order chi connectivity index (χ1) is 4.45. The highest BCUT2D eigenvalue weighted by Crippen LogP contribution is 2.15. The van der Waals surface area contributed by atoms with Gasteiger partial charge in [-0.2, -0.15) is 0 Å². The van der Waals surface area contributed by atoms with Crippen molar-refractivity contribution in [2.45, 2.75) is 12.5 Å². The van der Waals surface area contributed by atoms with Gasteiger partial charge in [-0.3, -0.25) is 4.84 Å². The molecule has 0 aliphatic carbocycles. The number of hydrogen-bond donors (Lipinski definition) is 2. The summed E-state index contributed by atoms with van der Waals surface area (Å²) >= 11 is 0. The summed E-state index contributed by atoms with van der Waals surface area (Å²) in [6, 6.07) is 0. The van der Waals surface area contributed by atoms with Crippen LogP contribution in [0.4, 0.5) is 0 Å². The standard InChI is InChI=1S/C6H12N2O.2ClH/c1-5-2-7-4-6(1)9-8-3-5;;/h5-8H,1-4H2;2*1H. The van der Waals surface area contributed by atoms with Crippen molar-refractivity contribution in [2.24, 2.45) is 5.92 Å². The highest BCUT2D eigenvalue weighted by molar-refractivity contribution is 5.85. The lowest BCUT2D eigenvalue weighted by molar-refractivity contribution is -0.0861. The van der Waals surface area contributed by atoms with Crippen LogP contribution in [0.5, 0.6) is 0 Å². The molecular formula is C6H14Cl2N2O. The molecule has 0 aromatic rings. The predicted molar refractivity (Wildman–Crippen MR) is 48.3 cm³/mol. The zero-order valence-electron chi connectivity index (χ0n) is 6.21. The molecular weight excluding hydrogens is 187 g/mol. The van der Waals surface area contributed by atoms with Gasteiger partial charge in [-0.1, -0.05) is 0 Å². The van der Waals surface area contributed by atoms with Crippen LogP contribution in [-0.2, 0) is 4.84 Å². The maximum atomic E-state index is 5.24. The summed E-state index contributed by atoms with van der Waals surface area (Å²) in [4.78, 5) is 5.24. The van der Waals surface area contributed by atoms with E-state index in [1.165, 1.54) is 6.42 Å². The number of nitrogens with one attached hydrogen (secondary N) is 2. The molecule has 2 fully saturated rings. The minimum absolute atomic E-state index is 0. The van der Waals surface area contributed by atoms with E-state index < -0.39 is 0 Å². The van der Waals surface area contributed by atoms with Crippen molar-refractivity contribution < 1.29 is 4.84 Å². The maximum Gasteiger partial charge on any atom is 0.0917 e. The van der Waals surface area contributed by atoms with Gasteiger partial charge in [0.05, 0.1) is 6.10 Å². The molecule has 2 atom stereocenters. The Hall–Kier alpha value is 0.460. The van der Waals surface area contributed by atoms with Crippen LogP contribution in [0.15, 0.2) is 0 Å². The monoisotopic (exact) mass is 200 g/mol. The third-order valence-electron chi connectivity index (χ3n) is 2.02. The van der Waals surface area contributed by atoms with Crippen molar-refractivity contribution in [2.75, 3.05) is 19.6 Å². The number of rotatable bonds is 0. The van der Waals surface area contributed by atoms with Gasteiger partial charge in [0, 0.05) is 13.1 Å². The molecule has 2 rings (SSSR count). The molecule has 2 aliphatic heterocycles. The first kappa shape index (κ1) is 11.5. The summed E-state index contributed by atoms with van der Waals surface area (Å²) in [5.74, 6) is 0.803. The summed E-state index contributed by atoms with van der Waals surface area (Å²) < 4.78 is 0. The Bertz CT molecular complexity index is 94.8. The quantitative estimate of drug-likeness (QED) is 0.593. The predicted octanol–water partition coefficient (Wildman–Crippen LogP) is 0.343. The molecule has 0 aromatic carbocycles. The highest BCUT2D eigenvalue weighted by Gasteiger charge is 2.25. The molecule has 3 nitrogen and oxygen atoms in total. The van der Waals surface area contributed by atoms with Crippen LogP contribution in [0.3, 0.4) is 0 Å². The van der Waals surface area contributed by atoms with Crippen LogP contribution >= 0.6 is 24.8 Å². The summed E-state index contributed by atoms with van der Waals surface area (Å²) in [6.07, 6.45) is 1.66. The second-order valence-corrected chi connectivity index (χ2v) is 2.85. The minimum atomic E-state index is 0. The molecule has 0 radical (unpaired) electrons. The van der Waals surface area contributed by atoms with Gasteiger partial charge >= 0.3 is 0 Å². The molecule has 5 heteroatoms. The fourth-order valence-corrected chi connectivity index (χ4v) is 1.52. The average molecular weight is 201 g/mol. The Labute approximate surface area is 79.0 Å². The van der Waals surface area contributed by atoms with E-state index in [4.69, 9.17) is 4.84 Å². The lowest BCUT2D eigenvalue weighted by Crippen LogP contribution is -2.50.